The van der Waals surface area contributed by atoms with Crippen molar-refractivity contribution in [2.24, 2.45) is 5.41 Å². The van der Waals surface area contributed by atoms with Crippen molar-refractivity contribution in [3.63, 3.8) is 0 Å². The third-order valence-corrected chi connectivity index (χ3v) is 5.04. The van der Waals surface area contributed by atoms with Gasteiger partial charge in [0.25, 0.3) is 0 Å². The summed E-state index contributed by atoms with van der Waals surface area (Å²) in [4.78, 5) is 17.5. The summed E-state index contributed by atoms with van der Waals surface area (Å²) in [6.07, 6.45) is 2.01. The first-order valence-electron chi connectivity index (χ1n) is 10.4. The van der Waals surface area contributed by atoms with E-state index in [1.807, 2.05) is 86.8 Å². The van der Waals surface area contributed by atoms with Crippen molar-refractivity contribution in [2.75, 3.05) is 5.32 Å². The third kappa shape index (κ3) is 4.45. The van der Waals surface area contributed by atoms with Gasteiger partial charge in [-0.15, -0.1) is 0 Å². The van der Waals surface area contributed by atoms with Gasteiger partial charge in [-0.3, -0.25) is 9.20 Å². The number of ether oxygens (including phenoxy) is 1. The monoisotopic (exact) mass is 413 g/mol. The minimum absolute atomic E-state index is 0.279. The molecule has 1 N–H and O–H groups in total. The van der Waals surface area contributed by atoms with Gasteiger partial charge in [0.05, 0.1) is 5.41 Å². The van der Waals surface area contributed by atoms with Crippen molar-refractivity contribution in [1.29, 1.82) is 0 Å². The lowest BCUT2D eigenvalue weighted by Crippen LogP contribution is -2.25. The molecule has 0 amide bonds. The summed E-state index contributed by atoms with van der Waals surface area (Å²) in [5.41, 5.74) is 4.06. The fourth-order valence-corrected chi connectivity index (χ4v) is 3.29. The Kier molecular flexibility index (Phi) is 5.51. The number of fused-ring (bicyclic) bond motifs is 1. The zero-order valence-electron chi connectivity index (χ0n) is 18.3. The molecule has 2 heterocycles. The van der Waals surface area contributed by atoms with Gasteiger partial charge in [-0.1, -0.05) is 42.5 Å². The largest absolute Gasteiger partial charge is 0.425 e. The normalized spacial score (nSPS) is 11.5. The molecule has 0 saturated heterocycles. The number of rotatable bonds is 5. The van der Waals surface area contributed by atoms with E-state index in [-0.39, 0.29) is 5.97 Å². The van der Waals surface area contributed by atoms with Crippen LogP contribution in [0.25, 0.3) is 16.9 Å². The Bertz CT molecular complexity index is 1220. The first kappa shape index (κ1) is 20.7. The summed E-state index contributed by atoms with van der Waals surface area (Å²) in [7, 11) is 0. The molecule has 4 rings (SSSR count). The number of aromatic nitrogens is 2. The molecule has 0 aliphatic carbocycles. The number of anilines is 1. The predicted octanol–water partition coefficient (Wildman–Crippen LogP) is 5.87. The zero-order valence-corrected chi connectivity index (χ0v) is 18.3. The van der Waals surface area contributed by atoms with Crippen molar-refractivity contribution in [1.82, 2.24) is 9.38 Å². The van der Waals surface area contributed by atoms with Crippen LogP contribution in [0.2, 0.25) is 0 Å². The lowest BCUT2D eigenvalue weighted by molar-refractivity contribution is -0.142. The number of nitrogens with zero attached hydrogens (tertiary/aromatic N) is 2. The number of imidazole rings is 1. The van der Waals surface area contributed by atoms with Crippen LogP contribution in [0.4, 0.5) is 5.82 Å². The van der Waals surface area contributed by atoms with E-state index in [2.05, 4.69) is 23.5 Å². The number of hydrogen-bond donors (Lipinski definition) is 1. The molecule has 0 aliphatic heterocycles. The Morgan fingerprint density at radius 1 is 1.03 bits per heavy atom. The number of para-hydroxylation sites is 1. The van der Waals surface area contributed by atoms with Crippen LogP contribution in [-0.2, 0) is 11.3 Å². The zero-order chi connectivity index (χ0) is 22.0. The minimum atomic E-state index is -0.600. The summed E-state index contributed by atoms with van der Waals surface area (Å²) in [5, 5.41) is 3.54. The number of carbonyl (C=O) groups is 1. The van der Waals surface area contributed by atoms with Crippen LogP contribution in [0, 0.1) is 12.3 Å². The average Bonchev–Trinajstić information content (AvgIpc) is 3.10. The number of nitrogens with one attached hydrogen (secondary N) is 1. The highest BCUT2D eigenvalue weighted by Crippen LogP contribution is 2.36. The van der Waals surface area contributed by atoms with Gasteiger partial charge < -0.3 is 10.1 Å². The molecule has 0 unspecified atom stereocenters. The predicted molar refractivity (Wildman–Crippen MR) is 124 cm³/mol. The summed E-state index contributed by atoms with van der Waals surface area (Å²) in [6, 6.07) is 21.9. The Labute approximate surface area is 182 Å². The summed E-state index contributed by atoms with van der Waals surface area (Å²) in [6.45, 7) is 8.24. The van der Waals surface area contributed by atoms with Gasteiger partial charge in [0.1, 0.15) is 22.9 Å². The highest BCUT2D eigenvalue weighted by molar-refractivity contribution is 5.84. The molecule has 2 aromatic carbocycles. The number of aryl methyl sites for hydroxylation is 1. The molecule has 0 spiro atoms. The topological polar surface area (TPSA) is 55.6 Å². The Morgan fingerprint density at radius 3 is 2.48 bits per heavy atom. The molecule has 0 fully saturated rings. The summed E-state index contributed by atoms with van der Waals surface area (Å²) < 4.78 is 7.82. The van der Waals surface area contributed by atoms with Gasteiger partial charge in [0.15, 0.2) is 0 Å². The van der Waals surface area contributed by atoms with E-state index < -0.39 is 5.41 Å². The van der Waals surface area contributed by atoms with Gasteiger partial charge in [0.2, 0.25) is 0 Å². The smallest absolute Gasteiger partial charge is 0.316 e. The Hall–Kier alpha value is -3.60. The number of benzene rings is 2. The molecule has 4 aromatic rings. The van der Waals surface area contributed by atoms with E-state index in [1.165, 1.54) is 5.56 Å². The summed E-state index contributed by atoms with van der Waals surface area (Å²) >= 11 is 0. The second kappa shape index (κ2) is 8.26. The SMILES string of the molecule is Cc1ccn2c(NCc3ccccc3)c(-c3ccccc3OC(=O)C(C)(C)C)nc2c1. The van der Waals surface area contributed by atoms with E-state index in [0.717, 1.165) is 28.3 Å². The lowest BCUT2D eigenvalue weighted by atomic mass is 9.97. The Balaban J connectivity index is 1.79. The van der Waals surface area contributed by atoms with Gasteiger partial charge >= 0.3 is 5.97 Å². The van der Waals surface area contributed by atoms with Crippen LogP contribution in [0.1, 0.15) is 31.9 Å². The van der Waals surface area contributed by atoms with Crippen LogP contribution >= 0.6 is 0 Å². The van der Waals surface area contributed by atoms with Gasteiger partial charge in [0, 0.05) is 18.3 Å². The number of pyridine rings is 1. The molecule has 0 saturated carbocycles. The van der Waals surface area contributed by atoms with Gasteiger partial charge in [-0.25, -0.2) is 4.98 Å². The fourth-order valence-electron chi connectivity index (χ4n) is 3.29. The van der Waals surface area contributed by atoms with Crippen LogP contribution < -0.4 is 10.1 Å². The second-order valence-electron chi connectivity index (χ2n) is 8.72. The highest BCUT2D eigenvalue weighted by Gasteiger charge is 2.26. The molecule has 5 nitrogen and oxygen atoms in total. The van der Waals surface area contributed by atoms with Crippen molar-refractivity contribution >= 4 is 17.4 Å². The van der Waals surface area contributed by atoms with Crippen LogP contribution in [0.3, 0.4) is 0 Å². The maximum absolute atomic E-state index is 12.6. The highest BCUT2D eigenvalue weighted by atomic mass is 16.5. The van der Waals surface area contributed by atoms with Crippen LogP contribution in [0.5, 0.6) is 5.75 Å². The third-order valence-electron chi connectivity index (χ3n) is 5.04. The van der Waals surface area contributed by atoms with E-state index >= 15 is 0 Å². The van der Waals surface area contributed by atoms with Crippen molar-refractivity contribution in [2.45, 2.75) is 34.2 Å². The standard InChI is InChI=1S/C26H27N3O2/c1-18-14-15-29-22(16-18)28-23(24(29)27-17-19-10-6-5-7-11-19)20-12-8-9-13-21(20)31-25(30)26(2,3)4/h5-16,27H,17H2,1-4H3. The van der Waals surface area contributed by atoms with Crippen LogP contribution in [0.15, 0.2) is 72.9 Å². The molecule has 0 radical (unpaired) electrons. The Morgan fingerprint density at radius 2 is 1.74 bits per heavy atom. The molecule has 5 heteroatoms. The van der Waals surface area contributed by atoms with Crippen molar-refractivity contribution in [3.05, 3.63) is 84.1 Å². The molecular weight excluding hydrogens is 386 g/mol. The average molecular weight is 414 g/mol. The van der Waals surface area contributed by atoms with Crippen molar-refractivity contribution < 1.29 is 9.53 Å². The van der Waals surface area contributed by atoms with E-state index in [0.29, 0.717) is 12.3 Å². The molecule has 31 heavy (non-hydrogen) atoms. The maximum Gasteiger partial charge on any atom is 0.316 e. The quantitative estimate of drug-likeness (QED) is 0.328. The molecule has 2 aromatic heterocycles. The molecule has 158 valence electrons. The molecule has 0 aliphatic rings. The molecule has 0 bridgehead atoms. The van der Waals surface area contributed by atoms with E-state index in [9.17, 15) is 4.79 Å². The van der Waals surface area contributed by atoms with Gasteiger partial charge in [-0.05, 0) is 63.1 Å². The lowest BCUT2D eigenvalue weighted by Gasteiger charge is -2.18. The van der Waals surface area contributed by atoms with Gasteiger partial charge in [-0.2, -0.15) is 0 Å². The molecule has 0 atom stereocenters. The number of hydrogen-bond acceptors (Lipinski definition) is 4. The first-order valence-corrected chi connectivity index (χ1v) is 10.4. The second-order valence-corrected chi connectivity index (χ2v) is 8.72. The first-order chi connectivity index (χ1) is 14.8. The molecular formula is C26H27N3O2. The fraction of sp³-hybridized carbons (Fsp3) is 0.231. The minimum Gasteiger partial charge on any atom is -0.425 e. The van der Waals surface area contributed by atoms with E-state index in [1.54, 1.807) is 0 Å². The van der Waals surface area contributed by atoms with Crippen LogP contribution in [-0.4, -0.2) is 15.4 Å². The summed E-state index contributed by atoms with van der Waals surface area (Å²) in [5.74, 6) is 1.08. The van der Waals surface area contributed by atoms with Crippen molar-refractivity contribution in [3.8, 4) is 17.0 Å². The number of carbonyl (C=O) groups excluding carboxylic acids is 1. The van der Waals surface area contributed by atoms with E-state index in [4.69, 9.17) is 9.72 Å². The maximum atomic E-state index is 12.6. The number of esters is 1.